The Balaban J connectivity index is 1.87. The maximum Gasteiger partial charge on any atom is 0.254 e. The average molecular weight is 303 g/mol. The lowest BCUT2D eigenvalue weighted by atomic mass is 9.79. The molecule has 0 atom stereocenters. The summed E-state index contributed by atoms with van der Waals surface area (Å²) in [7, 11) is 1.85. The van der Waals surface area contributed by atoms with Crippen molar-refractivity contribution < 1.29 is 9.53 Å². The minimum atomic E-state index is -0.125. The van der Waals surface area contributed by atoms with E-state index in [0.717, 1.165) is 37.1 Å². The number of ether oxygens (including phenoxy) is 1. The molecule has 0 radical (unpaired) electrons. The highest BCUT2D eigenvalue weighted by atomic mass is 16.5. The van der Waals surface area contributed by atoms with Gasteiger partial charge in [0.1, 0.15) is 0 Å². The third-order valence-corrected chi connectivity index (χ3v) is 5.03. The van der Waals surface area contributed by atoms with Crippen LogP contribution >= 0.6 is 0 Å². The van der Waals surface area contributed by atoms with Gasteiger partial charge in [-0.1, -0.05) is 32.9 Å². The fraction of sp³-hybridized carbons (Fsp3) is 0.632. The van der Waals surface area contributed by atoms with Crippen LogP contribution in [0.2, 0.25) is 0 Å². The third kappa shape index (κ3) is 3.52. The Bertz CT molecular complexity index is 555. The molecule has 0 N–H and O–H groups in total. The summed E-state index contributed by atoms with van der Waals surface area (Å²) in [4.78, 5) is 13.6. The lowest BCUT2D eigenvalue weighted by Crippen LogP contribution is -2.39. The number of hydrogen-bond donors (Lipinski definition) is 0. The van der Waals surface area contributed by atoms with E-state index in [9.17, 15) is 4.79 Å². The van der Waals surface area contributed by atoms with E-state index in [2.05, 4.69) is 46.8 Å². The average Bonchev–Trinajstić information content (AvgIpc) is 2.69. The van der Waals surface area contributed by atoms with Crippen molar-refractivity contribution in [3.63, 3.8) is 0 Å². The van der Waals surface area contributed by atoms with Crippen LogP contribution in [0, 0.1) is 5.41 Å². The number of nitrogens with zero attached hydrogens (tertiary/aromatic N) is 1. The molecule has 0 fully saturated rings. The van der Waals surface area contributed by atoms with Crippen molar-refractivity contribution in [1.29, 1.82) is 0 Å². The molecule has 1 aromatic carbocycles. The van der Waals surface area contributed by atoms with Gasteiger partial charge in [-0.15, -0.1) is 0 Å². The lowest BCUT2D eigenvalue weighted by Gasteiger charge is -2.38. The first-order valence-corrected chi connectivity index (χ1v) is 8.13. The molecule has 122 valence electrons. The van der Waals surface area contributed by atoms with Gasteiger partial charge in [-0.25, -0.2) is 0 Å². The second kappa shape index (κ2) is 6.04. The molecule has 0 saturated heterocycles. The van der Waals surface area contributed by atoms with E-state index in [0.29, 0.717) is 0 Å². The van der Waals surface area contributed by atoms with Gasteiger partial charge in [0, 0.05) is 25.8 Å². The highest BCUT2D eigenvalue weighted by molar-refractivity contribution is 5.98. The maximum absolute atomic E-state index is 11.9. The van der Waals surface area contributed by atoms with Gasteiger partial charge in [-0.2, -0.15) is 0 Å². The van der Waals surface area contributed by atoms with Gasteiger partial charge in [-0.3, -0.25) is 4.79 Å². The number of carbonyl (C=O) groups excluding carboxylic acids is 1. The van der Waals surface area contributed by atoms with Crippen LogP contribution < -0.4 is 0 Å². The van der Waals surface area contributed by atoms with Crippen LogP contribution in [0.5, 0.6) is 0 Å². The SMILES string of the molecule is CN1Cc2cc(CCCOC(C)(C)C(C)(C)C)ccc2C1=O. The van der Waals surface area contributed by atoms with Gasteiger partial charge in [0.2, 0.25) is 0 Å². The fourth-order valence-corrected chi connectivity index (χ4v) is 2.50. The van der Waals surface area contributed by atoms with Crippen LogP contribution in [0.25, 0.3) is 0 Å². The molecule has 1 aliphatic heterocycles. The number of carbonyl (C=O) groups is 1. The first-order valence-electron chi connectivity index (χ1n) is 8.13. The normalized spacial score (nSPS) is 15.4. The predicted molar refractivity (Wildman–Crippen MR) is 90.0 cm³/mol. The van der Waals surface area contributed by atoms with Crippen molar-refractivity contribution in [2.75, 3.05) is 13.7 Å². The fourth-order valence-electron chi connectivity index (χ4n) is 2.50. The van der Waals surface area contributed by atoms with Crippen LogP contribution in [0.15, 0.2) is 18.2 Å². The molecule has 0 saturated carbocycles. The molecule has 0 unspecified atom stereocenters. The molecule has 22 heavy (non-hydrogen) atoms. The maximum atomic E-state index is 11.9. The summed E-state index contributed by atoms with van der Waals surface area (Å²) < 4.78 is 6.08. The number of amides is 1. The standard InChI is InChI=1S/C19H29NO2/c1-18(2,3)19(4,5)22-11-7-8-14-9-10-16-15(12-14)13-20(6)17(16)21/h9-10,12H,7-8,11,13H2,1-6H3. The molecule has 3 heteroatoms. The van der Waals surface area contributed by atoms with Crippen molar-refractivity contribution in [1.82, 2.24) is 4.90 Å². The first-order chi connectivity index (χ1) is 10.1. The summed E-state index contributed by atoms with van der Waals surface area (Å²) in [5.41, 5.74) is 3.31. The van der Waals surface area contributed by atoms with Crippen LogP contribution in [-0.2, 0) is 17.7 Å². The quantitative estimate of drug-likeness (QED) is 0.768. The van der Waals surface area contributed by atoms with Gasteiger partial charge in [0.05, 0.1) is 5.60 Å². The molecule has 1 heterocycles. The van der Waals surface area contributed by atoms with Crippen molar-refractivity contribution in [2.45, 2.75) is 59.6 Å². The summed E-state index contributed by atoms with van der Waals surface area (Å²) in [5, 5.41) is 0. The van der Waals surface area contributed by atoms with Crippen molar-refractivity contribution >= 4 is 5.91 Å². The number of aryl methyl sites for hydroxylation is 1. The Kier molecular flexibility index (Phi) is 4.67. The van der Waals surface area contributed by atoms with Gasteiger partial charge in [-0.05, 0) is 49.3 Å². The van der Waals surface area contributed by atoms with Crippen LogP contribution in [0.4, 0.5) is 0 Å². The van der Waals surface area contributed by atoms with E-state index in [1.165, 1.54) is 5.56 Å². The summed E-state index contributed by atoms with van der Waals surface area (Å²) in [6.07, 6.45) is 1.99. The van der Waals surface area contributed by atoms with Gasteiger partial charge < -0.3 is 9.64 Å². The predicted octanol–water partition coefficient (Wildman–Crippen LogP) is 4.05. The zero-order valence-electron chi connectivity index (χ0n) is 14.8. The largest absolute Gasteiger partial charge is 0.375 e. The molecular weight excluding hydrogens is 274 g/mol. The number of fused-ring (bicyclic) bond motifs is 1. The van der Waals surface area contributed by atoms with E-state index in [1.54, 1.807) is 4.90 Å². The van der Waals surface area contributed by atoms with E-state index in [1.807, 2.05) is 13.1 Å². The number of hydrogen-bond acceptors (Lipinski definition) is 2. The Morgan fingerprint density at radius 2 is 1.86 bits per heavy atom. The highest BCUT2D eigenvalue weighted by Crippen LogP contribution is 2.33. The highest BCUT2D eigenvalue weighted by Gasteiger charge is 2.33. The molecule has 0 bridgehead atoms. The van der Waals surface area contributed by atoms with Crippen LogP contribution in [-0.4, -0.2) is 30.1 Å². The third-order valence-electron chi connectivity index (χ3n) is 5.03. The van der Waals surface area contributed by atoms with Gasteiger partial charge >= 0.3 is 0 Å². The summed E-state index contributed by atoms with van der Waals surface area (Å²) in [6, 6.07) is 6.22. The molecular formula is C19H29NO2. The molecule has 0 spiro atoms. The molecule has 2 rings (SSSR count). The molecule has 1 amide bonds. The smallest absolute Gasteiger partial charge is 0.254 e. The first kappa shape index (κ1) is 17.0. The Labute approximate surface area is 134 Å². The monoisotopic (exact) mass is 303 g/mol. The molecule has 0 aliphatic carbocycles. The Morgan fingerprint density at radius 1 is 1.18 bits per heavy atom. The second-order valence-electron chi connectivity index (χ2n) is 7.87. The van der Waals surface area contributed by atoms with Crippen molar-refractivity contribution in [3.05, 3.63) is 34.9 Å². The molecule has 1 aromatic rings. The summed E-state index contributed by atoms with van der Waals surface area (Å²) in [6.45, 7) is 12.4. The summed E-state index contributed by atoms with van der Waals surface area (Å²) in [5.74, 6) is 0.136. The minimum absolute atomic E-state index is 0.125. The van der Waals surface area contributed by atoms with E-state index >= 15 is 0 Å². The van der Waals surface area contributed by atoms with E-state index in [4.69, 9.17) is 4.74 Å². The van der Waals surface area contributed by atoms with Gasteiger partial charge in [0.25, 0.3) is 5.91 Å². The van der Waals surface area contributed by atoms with E-state index in [-0.39, 0.29) is 16.9 Å². The van der Waals surface area contributed by atoms with E-state index < -0.39 is 0 Å². The zero-order valence-corrected chi connectivity index (χ0v) is 14.8. The zero-order chi connectivity index (χ0) is 16.5. The second-order valence-corrected chi connectivity index (χ2v) is 7.87. The topological polar surface area (TPSA) is 29.5 Å². The molecule has 3 nitrogen and oxygen atoms in total. The van der Waals surface area contributed by atoms with Gasteiger partial charge in [0.15, 0.2) is 0 Å². The molecule has 1 aliphatic rings. The summed E-state index contributed by atoms with van der Waals surface area (Å²) >= 11 is 0. The van der Waals surface area contributed by atoms with Crippen LogP contribution in [0.1, 0.15) is 62.5 Å². The molecule has 0 aromatic heterocycles. The number of benzene rings is 1. The number of rotatable bonds is 5. The lowest BCUT2D eigenvalue weighted by molar-refractivity contribution is -0.0907. The Hall–Kier alpha value is -1.35. The Morgan fingerprint density at radius 3 is 2.50 bits per heavy atom. The van der Waals surface area contributed by atoms with Crippen molar-refractivity contribution in [3.8, 4) is 0 Å². The van der Waals surface area contributed by atoms with Crippen LogP contribution in [0.3, 0.4) is 0 Å². The minimum Gasteiger partial charge on any atom is -0.375 e. The van der Waals surface area contributed by atoms with Crippen molar-refractivity contribution in [2.24, 2.45) is 5.41 Å².